The first-order chi connectivity index (χ1) is 16.8. The second-order valence-electron chi connectivity index (χ2n) is 7.61. The van der Waals surface area contributed by atoms with E-state index >= 15 is 0 Å². The molecule has 2 aliphatic rings. The molecule has 178 valence electrons. The molecular formula is C25H17F4N3OS2. The molecule has 0 unspecified atom stereocenters. The van der Waals surface area contributed by atoms with Crippen LogP contribution in [0.2, 0.25) is 0 Å². The Balaban J connectivity index is 1.62. The molecule has 2 aliphatic heterocycles. The molecule has 0 aliphatic carbocycles. The van der Waals surface area contributed by atoms with E-state index in [1.54, 1.807) is 0 Å². The average molecular weight is 516 g/mol. The molecule has 0 spiro atoms. The van der Waals surface area contributed by atoms with Crippen LogP contribution in [0.15, 0.2) is 92.6 Å². The maximum atomic E-state index is 13.7. The van der Waals surface area contributed by atoms with Gasteiger partial charge in [-0.3, -0.25) is 9.69 Å². The highest BCUT2D eigenvalue weighted by Gasteiger charge is 2.40. The molecule has 0 saturated carbocycles. The highest BCUT2D eigenvalue weighted by molar-refractivity contribution is 8.20. The molecule has 1 fully saturated rings. The molecule has 0 aromatic heterocycles. The first-order valence-electron chi connectivity index (χ1n) is 10.6. The number of thioether (sulfide) groups is 2. The quantitative estimate of drug-likeness (QED) is 0.269. The molecule has 1 saturated heterocycles. The zero-order valence-electron chi connectivity index (χ0n) is 18.2. The Bertz CT molecular complexity index is 1370. The lowest BCUT2D eigenvalue weighted by Crippen LogP contribution is -2.29. The minimum absolute atomic E-state index is 0.0585. The lowest BCUT2D eigenvalue weighted by molar-refractivity contribution is -0.137. The summed E-state index contributed by atoms with van der Waals surface area (Å²) >= 11 is 2.55. The molecule has 3 aromatic carbocycles. The van der Waals surface area contributed by atoms with Crippen molar-refractivity contribution >= 4 is 51.7 Å². The second kappa shape index (κ2) is 9.09. The number of hydrogen-bond donors (Lipinski definition) is 0. The van der Waals surface area contributed by atoms with Crippen molar-refractivity contribution in [3.63, 3.8) is 0 Å². The van der Waals surface area contributed by atoms with E-state index < -0.39 is 17.6 Å². The molecule has 0 atom stereocenters. The van der Waals surface area contributed by atoms with Crippen molar-refractivity contribution in [2.45, 2.75) is 18.0 Å². The summed E-state index contributed by atoms with van der Waals surface area (Å²) in [6, 6.07) is 17.7. The van der Waals surface area contributed by atoms with Crippen LogP contribution < -0.4 is 9.80 Å². The number of amidine groups is 1. The standard InChI is InChI=1S/C25H17F4N3OS2/c1-2-31-19-8-3-4-9-20(19)34-23(31)21-22(33)32(18-12-10-16(26)11-13-18)24(35-21)30-17-7-5-6-15(14-17)25(27,28)29/h3-14H,2H2,1H3/b23-21-,30-24?. The predicted octanol–water partition coefficient (Wildman–Crippen LogP) is 7.41. The van der Waals surface area contributed by atoms with Gasteiger partial charge in [0, 0.05) is 11.4 Å². The van der Waals surface area contributed by atoms with Gasteiger partial charge in [-0.25, -0.2) is 9.38 Å². The number of para-hydroxylation sites is 1. The number of rotatable bonds is 3. The van der Waals surface area contributed by atoms with Crippen LogP contribution in [0.3, 0.4) is 0 Å². The summed E-state index contributed by atoms with van der Waals surface area (Å²) in [4.78, 5) is 22.8. The van der Waals surface area contributed by atoms with Crippen LogP contribution in [0.5, 0.6) is 0 Å². The fraction of sp³-hybridized carbons (Fsp3) is 0.120. The van der Waals surface area contributed by atoms with Crippen molar-refractivity contribution in [2.75, 3.05) is 16.3 Å². The van der Waals surface area contributed by atoms with Crippen molar-refractivity contribution in [2.24, 2.45) is 4.99 Å². The van der Waals surface area contributed by atoms with Crippen LogP contribution >= 0.6 is 23.5 Å². The molecule has 1 amide bonds. The van der Waals surface area contributed by atoms with Gasteiger partial charge in [0.15, 0.2) is 5.17 Å². The van der Waals surface area contributed by atoms with Crippen LogP contribution in [-0.4, -0.2) is 17.6 Å². The van der Waals surface area contributed by atoms with Gasteiger partial charge in [0.2, 0.25) is 0 Å². The Hall–Kier alpha value is -3.24. The molecule has 2 heterocycles. The van der Waals surface area contributed by atoms with Gasteiger partial charge in [0.1, 0.15) is 15.8 Å². The van der Waals surface area contributed by atoms with Gasteiger partial charge in [0.05, 0.1) is 22.6 Å². The third-order valence-electron chi connectivity index (χ3n) is 5.38. The third-order valence-corrected chi connectivity index (χ3v) is 7.72. The lowest BCUT2D eigenvalue weighted by atomic mass is 10.2. The molecule has 3 aromatic rings. The van der Waals surface area contributed by atoms with E-state index in [0.29, 0.717) is 17.1 Å². The number of amides is 1. The van der Waals surface area contributed by atoms with Gasteiger partial charge in [-0.05, 0) is 73.3 Å². The van der Waals surface area contributed by atoms with Crippen LogP contribution in [0, 0.1) is 5.82 Å². The summed E-state index contributed by atoms with van der Waals surface area (Å²) in [5.41, 5.74) is 0.573. The van der Waals surface area contributed by atoms with E-state index in [1.165, 1.54) is 53.1 Å². The Morgan fingerprint density at radius 3 is 2.40 bits per heavy atom. The SMILES string of the molecule is CCN1/C(=C2/SC(=Nc3cccc(C(F)(F)F)c3)N(c3ccc(F)cc3)C2=O)Sc2ccccc21. The number of nitrogens with zero attached hydrogens (tertiary/aromatic N) is 3. The maximum Gasteiger partial charge on any atom is 0.416 e. The van der Waals surface area contributed by atoms with Gasteiger partial charge in [-0.15, -0.1) is 0 Å². The van der Waals surface area contributed by atoms with Gasteiger partial charge < -0.3 is 4.90 Å². The Morgan fingerprint density at radius 2 is 1.69 bits per heavy atom. The normalized spacial score (nSPS) is 19.1. The first-order valence-corrected chi connectivity index (χ1v) is 12.2. The number of fused-ring (bicyclic) bond motifs is 1. The highest BCUT2D eigenvalue weighted by atomic mass is 32.2. The zero-order chi connectivity index (χ0) is 24.7. The maximum absolute atomic E-state index is 13.7. The van der Waals surface area contributed by atoms with E-state index in [0.717, 1.165) is 39.5 Å². The summed E-state index contributed by atoms with van der Waals surface area (Å²) in [5, 5.41) is 0.918. The summed E-state index contributed by atoms with van der Waals surface area (Å²) < 4.78 is 53.3. The number of carbonyl (C=O) groups excluding carboxylic acids is 1. The highest BCUT2D eigenvalue weighted by Crippen LogP contribution is 2.51. The number of anilines is 2. The van der Waals surface area contributed by atoms with E-state index in [9.17, 15) is 22.4 Å². The molecular weight excluding hydrogens is 498 g/mol. The van der Waals surface area contributed by atoms with Crippen molar-refractivity contribution < 1.29 is 22.4 Å². The number of halogens is 4. The minimum Gasteiger partial charge on any atom is -0.334 e. The van der Waals surface area contributed by atoms with Crippen LogP contribution in [-0.2, 0) is 11.0 Å². The van der Waals surface area contributed by atoms with E-state index in [4.69, 9.17) is 0 Å². The van der Waals surface area contributed by atoms with Gasteiger partial charge >= 0.3 is 6.18 Å². The molecule has 35 heavy (non-hydrogen) atoms. The number of hydrogen-bond acceptors (Lipinski definition) is 5. The van der Waals surface area contributed by atoms with E-state index in [1.807, 2.05) is 36.1 Å². The van der Waals surface area contributed by atoms with Crippen molar-refractivity contribution in [3.8, 4) is 0 Å². The lowest BCUT2D eigenvalue weighted by Gasteiger charge is -2.19. The Labute approximate surface area is 207 Å². The third kappa shape index (κ3) is 4.43. The topological polar surface area (TPSA) is 35.9 Å². The molecule has 4 nitrogen and oxygen atoms in total. The number of aliphatic imine (C=N–C) groups is 1. The summed E-state index contributed by atoms with van der Waals surface area (Å²) in [5.74, 6) is -0.844. The van der Waals surface area contributed by atoms with Gasteiger partial charge in [0.25, 0.3) is 5.91 Å². The largest absolute Gasteiger partial charge is 0.416 e. The number of alkyl halides is 3. The summed E-state index contributed by atoms with van der Waals surface area (Å²) in [7, 11) is 0. The molecule has 5 rings (SSSR count). The first kappa shape index (κ1) is 23.5. The predicted molar refractivity (Wildman–Crippen MR) is 132 cm³/mol. The zero-order valence-corrected chi connectivity index (χ0v) is 19.8. The van der Waals surface area contributed by atoms with E-state index in [2.05, 4.69) is 4.99 Å². The molecule has 0 N–H and O–H groups in total. The van der Waals surface area contributed by atoms with Crippen LogP contribution in [0.1, 0.15) is 12.5 Å². The van der Waals surface area contributed by atoms with Crippen LogP contribution in [0.25, 0.3) is 0 Å². The fourth-order valence-electron chi connectivity index (χ4n) is 3.78. The minimum atomic E-state index is -4.52. The van der Waals surface area contributed by atoms with Crippen LogP contribution in [0.4, 0.5) is 34.6 Å². The fourth-order valence-corrected chi connectivity index (χ4v) is 6.17. The van der Waals surface area contributed by atoms with E-state index in [-0.39, 0.29) is 16.8 Å². The number of benzene rings is 3. The van der Waals surface area contributed by atoms with Gasteiger partial charge in [-0.1, -0.05) is 30.0 Å². The Morgan fingerprint density at radius 1 is 0.943 bits per heavy atom. The molecule has 0 bridgehead atoms. The van der Waals surface area contributed by atoms with Gasteiger partial charge in [-0.2, -0.15) is 13.2 Å². The van der Waals surface area contributed by atoms with Crippen molar-refractivity contribution in [1.82, 2.24) is 0 Å². The van der Waals surface area contributed by atoms with Crippen molar-refractivity contribution in [1.29, 1.82) is 0 Å². The number of carbonyl (C=O) groups is 1. The Kier molecular flexibility index (Phi) is 6.10. The summed E-state index contributed by atoms with van der Waals surface area (Å²) in [6.07, 6.45) is -4.52. The van der Waals surface area contributed by atoms with Crippen molar-refractivity contribution in [3.05, 3.63) is 94.1 Å². The smallest absolute Gasteiger partial charge is 0.334 e. The summed E-state index contributed by atoms with van der Waals surface area (Å²) in [6.45, 7) is 2.59. The average Bonchev–Trinajstić information content (AvgIpc) is 3.36. The molecule has 0 radical (unpaired) electrons. The molecule has 10 heteroatoms. The second-order valence-corrected chi connectivity index (χ2v) is 9.62. The monoisotopic (exact) mass is 515 g/mol.